The van der Waals surface area contributed by atoms with Crippen molar-refractivity contribution in [2.45, 2.75) is 6.04 Å². The van der Waals surface area contributed by atoms with Gasteiger partial charge in [-0.25, -0.2) is 0 Å². The van der Waals surface area contributed by atoms with Crippen LogP contribution in [-0.4, -0.2) is 42.2 Å². The molecular weight excluding hydrogens is 422 g/mol. The predicted molar refractivity (Wildman–Crippen MR) is 115 cm³/mol. The summed E-state index contributed by atoms with van der Waals surface area (Å²) < 4.78 is 5.44. The van der Waals surface area contributed by atoms with Crippen molar-refractivity contribution in [1.82, 2.24) is 10.2 Å². The molecular formula is C22H20ClN3O5. The van der Waals surface area contributed by atoms with E-state index in [1.165, 1.54) is 24.3 Å². The lowest BCUT2D eigenvalue weighted by atomic mass is 9.97. The minimum absolute atomic E-state index is 0.0677. The zero-order chi connectivity index (χ0) is 22.5. The third-order valence-electron chi connectivity index (χ3n) is 4.77. The molecule has 8 nitrogen and oxygen atoms in total. The second-order valence-corrected chi connectivity index (χ2v) is 7.41. The van der Waals surface area contributed by atoms with Gasteiger partial charge in [-0.2, -0.15) is 0 Å². The number of halogens is 1. The lowest BCUT2D eigenvalue weighted by molar-refractivity contribution is -0.384. The standard InChI is InChI=1S/C22H20ClN3O5/c1-25(2)19(20-8-5-11-31-20)13-24-22(28)16-7-4-3-6-15(16)21(27)14-9-10-17(23)18(12-14)26(29)30/h3-12,19H,13H2,1-2H3,(H,24,28)/t19-/m0/s1. The maximum atomic E-state index is 13.0. The van der Waals surface area contributed by atoms with E-state index >= 15 is 0 Å². The molecule has 0 fully saturated rings. The lowest BCUT2D eigenvalue weighted by Gasteiger charge is -2.22. The molecule has 31 heavy (non-hydrogen) atoms. The van der Waals surface area contributed by atoms with E-state index in [0.717, 1.165) is 6.07 Å². The van der Waals surface area contributed by atoms with E-state index < -0.39 is 16.6 Å². The Labute approximate surface area is 183 Å². The van der Waals surface area contributed by atoms with Crippen LogP contribution in [0.15, 0.2) is 65.3 Å². The fourth-order valence-corrected chi connectivity index (χ4v) is 3.32. The molecule has 0 spiro atoms. The van der Waals surface area contributed by atoms with Crippen molar-refractivity contribution >= 4 is 29.0 Å². The minimum Gasteiger partial charge on any atom is -0.468 e. The quantitative estimate of drug-likeness (QED) is 0.320. The van der Waals surface area contributed by atoms with Gasteiger partial charge in [-0.3, -0.25) is 24.6 Å². The first-order valence-electron chi connectivity index (χ1n) is 9.35. The van der Waals surface area contributed by atoms with Crippen molar-refractivity contribution in [1.29, 1.82) is 0 Å². The molecule has 0 aliphatic heterocycles. The van der Waals surface area contributed by atoms with Crippen molar-refractivity contribution in [3.8, 4) is 0 Å². The lowest BCUT2D eigenvalue weighted by Crippen LogP contribution is -2.35. The summed E-state index contributed by atoms with van der Waals surface area (Å²) in [6, 6.07) is 13.5. The van der Waals surface area contributed by atoms with Crippen molar-refractivity contribution in [2.75, 3.05) is 20.6 Å². The Morgan fingerprint density at radius 2 is 1.84 bits per heavy atom. The molecule has 1 aromatic heterocycles. The van der Waals surface area contributed by atoms with Gasteiger partial charge in [0.15, 0.2) is 5.78 Å². The number of nitro groups is 1. The summed E-state index contributed by atoms with van der Waals surface area (Å²) in [7, 11) is 3.73. The van der Waals surface area contributed by atoms with Crippen LogP contribution in [-0.2, 0) is 0 Å². The molecule has 0 unspecified atom stereocenters. The van der Waals surface area contributed by atoms with Gasteiger partial charge >= 0.3 is 0 Å². The second-order valence-electron chi connectivity index (χ2n) is 7.00. The van der Waals surface area contributed by atoms with Gasteiger partial charge < -0.3 is 9.73 Å². The fraction of sp³-hybridized carbons (Fsp3) is 0.182. The third kappa shape index (κ3) is 4.99. The predicted octanol–water partition coefficient (Wildman–Crippen LogP) is 4.10. The number of benzene rings is 2. The summed E-state index contributed by atoms with van der Waals surface area (Å²) in [5.41, 5.74) is -0.00194. The molecule has 1 atom stereocenters. The molecule has 0 bridgehead atoms. The van der Waals surface area contributed by atoms with Gasteiger partial charge in [-0.1, -0.05) is 29.8 Å². The van der Waals surface area contributed by atoms with E-state index in [1.807, 2.05) is 25.1 Å². The van der Waals surface area contributed by atoms with E-state index in [2.05, 4.69) is 5.32 Å². The molecule has 160 valence electrons. The van der Waals surface area contributed by atoms with E-state index in [0.29, 0.717) is 5.76 Å². The Kier molecular flexibility index (Phi) is 6.84. The first kappa shape index (κ1) is 22.2. The van der Waals surface area contributed by atoms with E-state index in [4.69, 9.17) is 16.0 Å². The highest BCUT2D eigenvalue weighted by Gasteiger charge is 2.23. The first-order chi connectivity index (χ1) is 14.8. The number of nitrogens with zero attached hydrogens (tertiary/aromatic N) is 2. The second kappa shape index (κ2) is 9.55. The van der Waals surface area contributed by atoms with Crippen molar-refractivity contribution in [3.63, 3.8) is 0 Å². The third-order valence-corrected chi connectivity index (χ3v) is 5.09. The van der Waals surface area contributed by atoms with Gasteiger partial charge in [0, 0.05) is 23.7 Å². The fourth-order valence-electron chi connectivity index (χ4n) is 3.13. The summed E-state index contributed by atoms with van der Waals surface area (Å²) >= 11 is 5.83. The Morgan fingerprint density at radius 3 is 2.45 bits per heavy atom. The van der Waals surface area contributed by atoms with Gasteiger partial charge in [-0.05, 0) is 44.4 Å². The van der Waals surface area contributed by atoms with Gasteiger partial charge in [-0.15, -0.1) is 0 Å². The number of carbonyl (C=O) groups excluding carboxylic acids is 2. The van der Waals surface area contributed by atoms with Gasteiger partial charge in [0.1, 0.15) is 10.8 Å². The molecule has 1 heterocycles. The van der Waals surface area contributed by atoms with Crippen LogP contribution in [0.5, 0.6) is 0 Å². The SMILES string of the molecule is CN(C)[C@@H](CNC(=O)c1ccccc1C(=O)c1ccc(Cl)c([N+](=O)[O-])c1)c1ccco1. The maximum absolute atomic E-state index is 13.0. The van der Waals surface area contributed by atoms with Gasteiger partial charge in [0.25, 0.3) is 11.6 Å². The van der Waals surface area contributed by atoms with Crippen molar-refractivity contribution in [3.05, 3.63) is 98.4 Å². The summed E-state index contributed by atoms with van der Waals surface area (Å²) in [5, 5.41) is 13.9. The molecule has 1 N–H and O–H groups in total. The highest BCUT2D eigenvalue weighted by Crippen LogP contribution is 2.27. The van der Waals surface area contributed by atoms with Crippen LogP contribution in [0.25, 0.3) is 0 Å². The zero-order valence-corrected chi connectivity index (χ0v) is 17.6. The molecule has 0 saturated carbocycles. The van der Waals surface area contributed by atoms with Gasteiger partial charge in [0.2, 0.25) is 0 Å². The van der Waals surface area contributed by atoms with Crippen LogP contribution in [0.1, 0.15) is 38.1 Å². The number of amides is 1. The molecule has 9 heteroatoms. The average molecular weight is 442 g/mol. The summed E-state index contributed by atoms with van der Waals surface area (Å²) in [5.74, 6) is -0.255. The number of carbonyl (C=O) groups is 2. The number of hydrogen-bond acceptors (Lipinski definition) is 6. The highest BCUT2D eigenvalue weighted by molar-refractivity contribution is 6.33. The Bertz CT molecular complexity index is 1110. The van der Waals surface area contributed by atoms with E-state index in [1.54, 1.807) is 24.5 Å². The topological polar surface area (TPSA) is 106 Å². The molecule has 3 rings (SSSR count). The van der Waals surface area contributed by atoms with Crippen molar-refractivity contribution < 1.29 is 18.9 Å². The molecule has 0 aliphatic rings. The van der Waals surface area contributed by atoms with Gasteiger partial charge in [0.05, 0.1) is 22.8 Å². The monoisotopic (exact) mass is 441 g/mol. The zero-order valence-electron chi connectivity index (χ0n) is 16.9. The number of hydrogen-bond donors (Lipinski definition) is 1. The number of ketones is 1. The number of nitrogens with one attached hydrogen (secondary N) is 1. The molecule has 0 radical (unpaired) electrons. The van der Waals surface area contributed by atoms with Crippen LogP contribution < -0.4 is 5.32 Å². The van der Waals surface area contributed by atoms with Crippen LogP contribution in [0.4, 0.5) is 5.69 Å². The molecule has 0 aliphatic carbocycles. The molecule has 1 amide bonds. The smallest absolute Gasteiger partial charge is 0.288 e. The van der Waals surface area contributed by atoms with Crippen LogP contribution >= 0.6 is 11.6 Å². The van der Waals surface area contributed by atoms with Crippen LogP contribution in [0, 0.1) is 10.1 Å². The normalized spacial score (nSPS) is 11.9. The number of likely N-dealkylation sites (N-methyl/N-ethyl adjacent to an activating group) is 1. The Morgan fingerprint density at radius 1 is 1.13 bits per heavy atom. The first-order valence-corrected chi connectivity index (χ1v) is 9.73. The van der Waals surface area contributed by atoms with Crippen LogP contribution in [0.2, 0.25) is 5.02 Å². The van der Waals surface area contributed by atoms with E-state index in [9.17, 15) is 19.7 Å². The summed E-state index contributed by atoms with van der Waals surface area (Å²) in [6.07, 6.45) is 1.56. The maximum Gasteiger partial charge on any atom is 0.288 e. The largest absolute Gasteiger partial charge is 0.468 e. The van der Waals surface area contributed by atoms with Crippen molar-refractivity contribution in [2.24, 2.45) is 0 Å². The minimum atomic E-state index is -0.659. The number of furan rings is 1. The Hall–Kier alpha value is -3.49. The molecule has 3 aromatic rings. The average Bonchev–Trinajstić information content (AvgIpc) is 3.27. The van der Waals surface area contributed by atoms with Crippen LogP contribution in [0.3, 0.4) is 0 Å². The molecule has 2 aromatic carbocycles. The Balaban J connectivity index is 1.84. The molecule has 0 saturated heterocycles. The number of nitro benzene ring substituents is 1. The van der Waals surface area contributed by atoms with E-state index in [-0.39, 0.29) is 40.0 Å². The summed E-state index contributed by atoms with van der Waals surface area (Å²) in [4.78, 5) is 38.3. The highest BCUT2D eigenvalue weighted by atomic mass is 35.5. The summed E-state index contributed by atoms with van der Waals surface area (Å²) in [6.45, 7) is 0.258. The number of rotatable bonds is 8.